The molecule has 3 rings (SSSR count). The molecule has 1 fully saturated rings. The number of hydrogen-bond donors (Lipinski definition) is 2. The molecule has 0 aliphatic heterocycles. The van der Waals surface area contributed by atoms with Crippen LogP contribution in [0.25, 0.3) is 0 Å². The van der Waals surface area contributed by atoms with Gasteiger partial charge in [-0.15, -0.1) is 10.2 Å². The quantitative estimate of drug-likeness (QED) is 0.680. The number of carbonyl (C=O) groups is 1. The maximum Gasteiger partial charge on any atom is 0.276 e. The van der Waals surface area contributed by atoms with Crippen molar-refractivity contribution < 1.29 is 4.79 Å². The fourth-order valence-electron chi connectivity index (χ4n) is 3.70. The Morgan fingerprint density at radius 3 is 2.21 bits per heavy atom. The molecule has 1 amide bonds. The minimum atomic E-state index is -0.246. The molecule has 2 N–H and O–H groups in total. The predicted molar refractivity (Wildman–Crippen MR) is 115 cm³/mol. The van der Waals surface area contributed by atoms with Crippen LogP contribution in [0.2, 0.25) is 0 Å². The Labute approximate surface area is 167 Å². The van der Waals surface area contributed by atoms with Gasteiger partial charge >= 0.3 is 0 Å². The monoisotopic (exact) mass is 381 g/mol. The van der Waals surface area contributed by atoms with Crippen molar-refractivity contribution in [3.8, 4) is 0 Å². The lowest BCUT2D eigenvalue weighted by atomic mass is 10.1. The van der Waals surface area contributed by atoms with E-state index in [0.717, 1.165) is 30.3 Å². The largest absolute Gasteiger partial charge is 0.372 e. The van der Waals surface area contributed by atoms with E-state index in [9.17, 15) is 4.79 Å². The van der Waals surface area contributed by atoms with Crippen molar-refractivity contribution in [2.45, 2.75) is 58.4 Å². The molecule has 0 bridgehead atoms. The SMILES string of the molecule is CCN(CC)c1ccc(NC(=O)c2ccc(NC3CCCCCC3)nn2)cc1. The lowest BCUT2D eigenvalue weighted by molar-refractivity contribution is 0.102. The van der Waals surface area contributed by atoms with Crippen molar-refractivity contribution in [3.63, 3.8) is 0 Å². The van der Waals surface area contributed by atoms with Crippen LogP contribution in [0.4, 0.5) is 17.2 Å². The van der Waals surface area contributed by atoms with Gasteiger partial charge in [-0.1, -0.05) is 25.7 Å². The van der Waals surface area contributed by atoms with Crippen LogP contribution in [0.15, 0.2) is 36.4 Å². The second kappa shape index (κ2) is 10.1. The summed E-state index contributed by atoms with van der Waals surface area (Å²) in [5, 5.41) is 14.6. The van der Waals surface area contributed by atoms with Gasteiger partial charge in [0.05, 0.1) is 0 Å². The Bertz CT molecular complexity index is 733. The number of benzene rings is 1. The van der Waals surface area contributed by atoms with Crippen LogP contribution >= 0.6 is 0 Å². The molecule has 0 saturated heterocycles. The number of amides is 1. The van der Waals surface area contributed by atoms with Gasteiger partial charge in [0.2, 0.25) is 0 Å². The molecule has 0 radical (unpaired) electrons. The minimum absolute atomic E-state index is 0.246. The van der Waals surface area contributed by atoms with E-state index < -0.39 is 0 Å². The van der Waals surface area contributed by atoms with Crippen LogP contribution < -0.4 is 15.5 Å². The smallest absolute Gasteiger partial charge is 0.276 e. The van der Waals surface area contributed by atoms with Crippen molar-refractivity contribution in [1.29, 1.82) is 0 Å². The van der Waals surface area contributed by atoms with E-state index in [-0.39, 0.29) is 5.91 Å². The molecule has 0 unspecified atom stereocenters. The van der Waals surface area contributed by atoms with Crippen molar-refractivity contribution >= 4 is 23.1 Å². The fourth-order valence-corrected chi connectivity index (χ4v) is 3.70. The van der Waals surface area contributed by atoms with Crippen molar-refractivity contribution in [1.82, 2.24) is 10.2 Å². The van der Waals surface area contributed by atoms with E-state index in [0.29, 0.717) is 11.7 Å². The lowest BCUT2D eigenvalue weighted by Gasteiger charge is -2.21. The van der Waals surface area contributed by atoms with Gasteiger partial charge in [-0.25, -0.2) is 0 Å². The summed E-state index contributed by atoms with van der Waals surface area (Å²) >= 11 is 0. The molecular weight excluding hydrogens is 350 g/mol. The Morgan fingerprint density at radius 2 is 1.64 bits per heavy atom. The third kappa shape index (κ3) is 5.44. The van der Waals surface area contributed by atoms with Gasteiger partial charge in [0.25, 0.3) is 5.91 Å². The average molecular weight is 382 g/mol. The molecule has 28 heavy (non-hydrogen) atoms. The van der Waals surface area contributed by atoms with Crippen LogP contribution in [-0.4, -0.2) is 35.2 Å². The first-order chi connectivity index (χ1) is 13.7. The lowest BCUT2D eigenvalue weighted by Crippen LogP contribution is -2.21. The van der Waals surface area contributed by atoms with Crippen molar-refractivity contribution in [2.75, 3.05) is 28.6 Å². The molecule has 6 nitrogen and oxygen atoms in total. The normalized spacial score (nSPS) is 14.9. The second-order valence-electron chi connectivity index (χ2n) is 7.31. The maximum absolute atomic E-state index is 12.4. The van der Waals surface area contributed by atoms with Crippen LogP contribution in [0.5, 0.6) is 0 Å². The maximum atomic E-state index is 12.4. The van der Waals surface area contributed by atoms with E-state index in [1.54, 1.807) is 6.07 Å². The molecule has 1 saturated carbocycles. The number of rotatable bonds is 7. The molecule has 2 aromatic rings. The number of nitrogens with one attached hydrogen (secondary N) is 2. The van der Waals surface area contributed by atoms with Gasteiger partial charge in [-0.2, -0.15) is 0 Å². The number of aromatic nitrogens is 2. The number of anilines is 3. The molecule has 1 aromatic carbocycles. The van der Waals surface area contributed by atoms with Gasteiger partial charge in [-0.05, 0) is 63.1 Å². The third-order valence-corrected chi connectivity index (χ3v) is 5.36. The molecule has 0 atom stereocenters. The van der Waals surface area contributed by atoms with Gasteiger partial charge < -0.3 is 15.5 Å². The molecule has 6 heteroatoms. The highest BCUT2D eigenvalue weighted by molar-refractivity contribution is 6.02. The van der Waals surface area contributed by atoms with E-state index in [2.05, 4.69) is 39.6 Å². The summed E-state index contributed by atoms with van der Waals surface area (Å²) in [4.78, 5) is 14.7. The molecule has 1 aromatic heterocycles. The summed E-state index contributed by atoms with van der Waals surface area (Å²) in [7, 11) is 0. The molecule has 1 aliphatic rings. The van der Waals surface area contributed by atoms with Crippen LogP contribution in [-0.2, 0) is 0 Å². The van der Waals surface area contributed by atoms with E-state index in [1.807, 2.05) is 30.3 Å². The van der Waals surface area contributed by atoms with E-state index in [4.69, 9.17) is 0 Å². The first-order valence-corrected chi connectivity index (χ1v) is 10.5. The summed E-state index contributed by atoms with van der Waals surface area (Å²) in [6.45, 7) is 6.18. The summed E-state index contributed by atoms with van der Waals surface area (Å²) in [6, 6.07) is 11.9. The summed E-state index contributed by atoms with van der Waals surface area (Å²) < 4.78 is 0. The predicted octanol–water partition coefficient (Wildman–Crippen LogP) is 4.71. The summed E-state index contributed by atoms with van der Waals surface area (Å²) in [6.07, 6.45) is 7.51. The van der Waals surface area contributed by atoms with Gasteiger partial charge in [0, 0.05) is 30.5 Å². The van der Waals surface area contributed by atoms with Gasteiger partial charge in [-0.3, -0.25) is 4.79 Å². The molecular formula is C22H31N5O. The Morgan fingerprint density at radius 1 is 0.964 bits per heavy atom. The first kappa shape index (κ1) is 20.1. The van der Waals surface area contributed by atoms with Crippen LogP contribution in [0.3, 0.4) is 0 Å². The Kier molecular flexibility index (Phi) is 7.23. The van der Waals surface area contributed by atoms with E-state index in [1.165, 1.54) is 38.5 Å². The Hall–Kier alpha value is -2.63. The van der Waals surface area contributed by atoms with E-state index >= 15 is 0 Å². The van der Waals surface area contributed by atoms with Crippen molar-refractivity contribution in [2.24, 2.45) is 0 Å². The highest BCUT2D eigenvalue weighted by atomic mass is 16.1. The number of carbonyl (C=O) groups excluding carboxylic acids is 1. The molecule has 150 valence electrons. The number of hydrogen-bond acceptors (Lipinski definition) is 5. The highest BCUT2D eigenvalue weighted by Gasteiger charge is 2.14. The Balaban J connectivity index is 1.57. The van der Waals surface area contributed by atoms with Gasteiger partial charge in [0.15, 0.2) is 5.69 Å². The van der Waals surface area contributed by atoms with Crippen LogP contribution in [0, 0.1) is 0 Å². The zero-order valence-electron chi connectivity index (χ0n) is 16.9. The zero-order chi connectivity index (χ0) is 19.8. The summed E-state index contributed by atoms with van der Waals surface area (Å²) in [5.74, 6) is 0.496. The van der Waals surface area contributed by atoms with Crippen molar-refractivity contribution in [3.05, 3.63) is 42.1 Å². The summed E-state index contributed by atoms with van der Waals surface area (Å²) in [5.41, 5.74) is 2.22. The van der Waals surface area contributed by atoms with Gasteiger partial charge in [0.1, 0.15) is 5.82 Å². The third-order valence-electron chi connectivity index (χ3n) is 5.36. The fraction of sp³-hybridized carbons (Fsp3) is 0.500. The standard InChI is InChI=1S/C22H31N5O/c1-3-27(4-2)19-13-11-18(12-14-19)24-22(28)20-15-16-21(26-25-20)23-17-9-7-5-6-8-10-17/h11-17H,3-10H2,1-2H3,(H,23,26)(H,24,28). The minimum Gasteiger partial charge on any atom is -0.372 e. The highest BCUT2D eigenvalue weighted by Crippen LogP contribution is 2.21. The second-order valence-corrected chi connectivity index (χ2v) is 7.31. The molecule has 1 aliphatic carbocycles. The number of nitrogens with zero attached hydrogens (tertiary/aromatic N) is 3. The first-order valence-electron chi connectivity index (χ1n) is 10.5. The topological polar surface area (TPSA) is 70.2 Å². The molecule has 0 spiro atoms. The zero-order valence-corrected chi connectivity index (χ0v) is 16.9. The average Bonchev–Trinajstić information content (AvgIpc) is 2.99. The van der Waals surface area contributed by atoms with Crippen LogP contribution in [0.1, 0.15) is 62.9 Å². The molecule has 1 heterocycles.